The van der Waals surface area contributed by atoms with Crippen LogP contribution < -0.4 is 0 Å². The normalized spacial score (nSPS) is 12.8. The van der Waals surface area contributed by atoms with Crippen LogP contribution in [0.25, 0.3) is 0 Å². The molecular weight excluding hydrogens is 348 g/mol. The Kier molecular flexibility index (Phi) is 15.3. The van der Waals surface area contributed by atoms with Gasteiger partial charge >= 0.3 is 0 Å². The van der Waals surface area contributed by atoms with Crippen LogP contribution >= 0.6 is 0 Å². The van der Waals surface area contributed by atoms with Crippen molar-refractivity contribution in [2.75, 3.05) is 0 Å². The summed E-state index contributed by atoms with van der Waals surface area (Å²) in [5.41, 5.74) is 0.326. The van der Waals surface area contributed by atoms with Crippen LogP contribution in [0.5, 0.6) is 0 Å². The van der Waals surface area contributed by atoms with Crippen LogP contribution in [0, 0.1) is 20.2 Å². The van der Waals surface area contributed by atoms with Crippen molar-refractivity contribution in [3.05, 3.63) is 68.1 Å². The Hall–Kier alpha value is -2.57. The van der Waals surface area contributed by atoms with Crippen LogP contribution in [0.1, 0.15) is 71.1 Å². The average molecular weight is 377 g/mol. The van der Waals surface area contributed by atoms with E-state index < -0.39 is 4.92 Å². The van der Waals surface area contributed by atoms with Crippen molar-refractivity contribution in [2.45, 2.75) is 71.1 Å². The second kappa shape index (κ2) is 16.9. The van der Waals surface area contributed by atoms with E-state index >= 15 is 0 Å². The third-order valence-electron chi connectivity index (χ3n) is 3.79. The lowest BCUT2D eigenvalue weighted by Gasteiger charge is -1.96. The van der Waals surface area contributed by atoms with E-state index in [-0.39, 0.29) is 29.2 Å². The Labute approximate surface area is 160 Å². The molecule has 0 aliphatic carbocycles. The number of nitrogens with zero attached hydrogens (tertiary/aromatic N) is 2. The molecule has 0 bridgehead atoms. The van der Waals surface area contributed by atoms with Gasteiger partial charge in [0.2, 0.25) is 11.4 Å². The predicted octanol–water partition coefficient (Wildman–Crippen LogP) is 5.45. The van der Waals surface area contributed by atoms with Gasteiger partial charge in [-0.1, -0.05) is 44.1 Å². The summed E-state index contributed by atoms with van der Waals surface area (Å²) in [5, 5.41) is 21.9. The number of nitro groups is 2. The van der Waals surface area contributed by atoms with Crippen LogP contribution in [-0.2, 0) is 4.79 Å². The molecule has 27 heavy (non-hydrogen) atoms. The third kappa shape index (κ3) is 14.3. The van der Waals surface area contributed by atoms with Crippen LogP contribution in [0.2, 0.25) is 0 Å². The fourth-order valence-corrected chi connectivity index (χ4v) is 2.28. The zero-order valence-electron chi connectivity index (χ0n) is 16.0. The summed E-state index contributed by atoms with van der Waals surface area (Å²) >= 11 is 0. The number of allylic oxidation sites excluding steroid dienone is 7. The molecule has 0 aromatic rings. The summed E-state index contributed by atoms with van der Waals surface area (Å²) in [6.45, 7) is 2.09. The largest absolute Gasteiger partial charge is 0.291 e. The Morgan fingerprint density at radius 1 is 0.889 bits per heavy atom. The highest BCUT2D eigenvalue weighted by molar-refractivity contribution is 5.50. The highest BCUT2D eigenvalue weighted by Crippen LogP contribution is 2.10. The summed E-state index contributed by atoms with van der Waals surface area (Å²) in [4.78, 5) is 31.2. The maximum Gasteiger partial charge on any atom is 0.246 e. The molecule has 1 radical (unpaired) electrons. The van der Waals surface area contributed by atoms with Gasteiger partial charge in [0.05, 0.1) is 16.3 Å². The Morgan fingerprint density at radius 2 is 1.56 bits per heavy atom. The number of carbonyl (C=O) groups excluding carboxylic acids is 1. The van der Waals surface area contributed by atoms with Crippen molar-refractivity contribution in [2.24, 2.45) is 0 Å². The summed E-state index contributed by atoms with van der Waals surface area (Å²) in [6, 6.07) is 0. The molecule has 0 aliphatic rings. The molecule has 0 rings (SSSR count). The maximum absolute atomic E-state index is 11.0. The van der Waals surface area contributed by atoms with Gasteiger partial charge in [0.1, 0.15) is 0 Å². The van der Waals surface area contributed by atoms with E-state index in [2.05, 4.69) is 6.92 Å². The lowest BCUT2D eigenvalue weighted by Crippen LogP contribution is -1.98. The van der Waals surface area contributed by atoms with E-state index in [1.807, 2.05) is 18.2 Å². The van der Waals surface area contributed by atoms with Gasteiger partial charge in [0.15, 0.2) is 6.29 Å². The fraction of sp³-hybridized carbons (Fsp3) is 0.550. The zero-order valence-corrected chi connectivity index (χ0v) is 16.0. The van der Waals surface area contributed by atoms with Crippen LogP contribution in [0.3, 0.4) is 0 Å². The molecule has 0 saturated heterocycles. The highest BCUT2D eigenvalue weighted by atomic mass is 16.6. The first-order chi connectivity index (χ1) is 13.0. The molecule has 0 unspecified atom stereocenters. The molecule has 0 spiro atoms. The average Bonchev–Trinajstić information content (AvgIpc) is 2.63. The van der Waals surface area contributed by atoms with Crippen LogP contribution in [0.4, 0.5) is 0 Å². The zero-order chi connectivity index (χ0) is 20.3. The third-order valence-corrected chi connectivity index (χ3v) is 3.79. The van der Waals surface area contributed by atoms with Gasteiger partial charge in [-0.15, -0.1) is 0 Å². The topological polar surface area (TPSA) is 103 Å². The fourth-order valence-electron chi connectivity index (χ4n) is 2.28. The van der Waals surface area contributed by atoms with Gasteiger partial charge in [-0.25, -0.2) is 0 Å². The van der Waals surface area contributed by atoms with Gasteiger partial charge in [-0.3, -0.25) is 25.0 Å². The number of rotatable bonds is 16. The molecule has 0 saturated carbocycles. The van der Waals surface area contributed by atoms with E-state index in [1.54, 1.807) is 18.4 Å². The number of hydrogen-bond acceptors (Lipinski definition) is 5. The van der Waals surface area contributed by atoms with Gasteiger partial charge < -0.3 is 0 Å². The number of hydrogen-bond donors (Lipinski definition) is 0. The predicted molar refractivity (Wildman–Crippen MR) is 106 cm³/mol. The van der Waals surface area contributed by atoms with Crippen molar-refractivity contribution in [3.8, 4) is 0 Å². The van der Waals surface area contributed by atoms with Gasteiger partial charge in [-0.05, 0) is 44.3 Å². The van der Waals surface area contributed by atoms with Crippen molar-refractivity contribution < 1.29 is 14.6 Å². The molecule has 0 aliphatic heterocycles. The molecule has 0 aromatic heterocycles. The van der Waals surface area contributed by atoms with Crippen molar-refractivity contribution in [3.63, 3.8) is 0 Å². The lowest BCUT2D eigenvalue weighted by molar-refractivity contribution is -0.428. The van der Waals surface area contributed by atoms with Crippen molar-refractivity contribution in [1.82, 2.24) is 0 Å². The van der Waals surface area contributed by atoms with E-state index in [4.69, 9.17) is 0 Å². The molecule has 0 amide bonds. The van der Waals surface area contributed by atoms with E-state index in [0.717, 1.165) is 25.7 Å². The first-order valence-electron chi connectivity index (χ1n) is 9.34. The summed E-state index contributed by atoms with van der Waals surface area (Å²) in [7, 11) is 0. The number of unbranched alkanes of at least 4 members (excludes halogenated alkanes) is 4. The molecule has 7 nitrogen and oxygen atoms in total. The minimum atomic E-state index is -0.426. The molecule has 149 valence electrons. The van der Waals surface area contributed by atoms with E-state index in [9.17, 15) is 25.0 Å². The van der Waals surface area contributed by atoms with Crippen molar-refractivity contribution >= 4 is 6.29 Å². The minimum absolute atomic E-state index is 0.106. The molecule has 0 N–H and O–H groups in total. The Bertz CT molecular complexity index is 577. The standard InChI is InChI=1S/C20H29N2O5/c1-2-3-4-9-14-19(21(24)25)15-10-7-5-6-8-11-16-20(22(26)27)17-12-13-18-23/h6-8,10,14,16H,2-5,9,11-13,15,17H2,1H3/b8-6-,10-7-,19-14+,20-16+. The summed E-state index contributed by atoms with van der Waals surface area (Å²) in [6.07, 6.45) is 18.3. The second-order valence-electron chi connectivity index (χ2n) is 6.02. The molecule has 0 heterocycles. The first kappa shape index (κ1) is 24.4. The lowest BCUT2D eigenvalue weighted by atomic mass is 10.1. The van der Waals surface area contributed by atoms with Crippen LogP contribution in [0.15, 0.2) is 47.9 Å². The van der Waals surface area contributed by atoms with Gasteiger partial charge in [-0.2, -0.15) is 0 Å². The Morgan fingerprint density at radius 3 is 2.19 bits per heavy atom. The Balaban J connectivity index is 4.27. The highest BCUT2D eigenvalue weighted by Gasteiger charge is 2.08. The molecular formula is C20H29N2O5. The van der Waals surface area contributed by atoms with Crippen molar-refractivity contribution in [1.29, 1.82) is 0 Å². The monoisotopic (exact) mass is 377 g/mol. The van der Waals surface area contributed by atoms with E-state index in [0.29, 0.717) is 25.7 Å². The smallest absolute Gasteiger partial charge is 0.246 e. The summed E-state index contributed by atoms with van der Waals surface area (Å²) < 4.78 is 0. The quantitative estimate of drug-likeness (QED) is 0.154. The summed E-state index contributed by atoms with van der Waals surface area (Å²) in [5.74, 6) is 0. The molecule has 0 fully saturated rings. The second-order valence-corrected chi connectivity index (χ2v) is 6.02. The maximum atomic E-state index is 11.0. The minimum Gasteiger partial charge on any atom is -0.291 e. The molecule has 0 aromatic carbocycles. The SMILES string of the molecule is CCCCC/C=C(\C/C=C\C/C=C\C/C=C(\CCC[C]=O)[N+](=O)[O-])[N+](=O)[O-]. The van der Waals surface area contributed by atoms with Gasteiger partial charge in [0, 0.05) is 12.8 Å². The molecule has 0 atom stereocenters. The molecule has 7 heteroatoms. The van der Waals surface area contributed by atoms with Crippen LogP contribution in [-0.4, -0.2) is 16.1 Å². The first-order valence-corrected chi connectivity index (χ1v) is 9.34. The van der Waals surface area contributed by atoms with E-state index in [1.165, 1.54) is 6.08 Å². The van der Waals surface area contributed by atoms with Gasteiger partial charge in [0.25, 0.3) is 0 Å².